The molecule has 1 heterocycles. The van der Waals surface area contributed by atoms with Crippen molar-refractivity contribution in [1.82, 2.24) is 0 Å². The number of hydrogen-bond acceptors (Lipinski definition) is 3. The topological polar surface area (TPSA) is 38.5 Å². The normalized spacial score (nSPS) is 22.7. The first-order valence-corrected chi connectivity index (χ1v) is 7.12. The number of nitrogens with two attached hydrogens (primary N) is 1. The predicted molar refractivity (Wildman–Crippen MR) is 74.0 cm³/mol. The summed E-state index contributed by atoms with van der Waals surface area (Å²) in [6.07, 6.45) is 1.88. The molecule has 110 valence electrons. The van der Waals surface area contributed by atoms with Crippen molar-refractivity contribution < 1.29 is 13.5 Å². The zero-order chi connectivity index (χ0) is 14.3. The lowest BCUT2D eigenvalue weighted by Gasteiger charge is -2.33. The third kappa shape index (κ3) is 2.19. The van der Waals surface area contributed by atoms with Crippen molar-refractivity contribution in [3.8, 4) is 0 Å². The van der Waals surface area contributed by atoms with Crippen LogP contribution in [0.4, 0.5) is 14.5 Å². The Kier molecular flexibility index (Phi) is 3.42. The number of benzene rings is 1. The highest BCUT2D eigenvalue weighted by Gasteiger charge is 2.49. The predicted octanol–water partition coefficient (Wildman–Crippen LogP) is 2.18. The Labute approximate surface area is 117 Å². The Morgan fingerprint density at radius 3 is 2.35 bits per heavy atom. The molecular weight excluding hydrogens is 262 g/mol. The van der Waals surface area contributed by atoms with Gasteiger partial charge in [0.05, 0.1) is 13.2 Å². The van der Waals surface area contributed by atoms with E-state index in [9.17, 15) is 8.78 Å². The highest BCUT2D eigenvalue weighted by molar-refractivity contribution is 5.60. The molecule has 5 heteroatoms. The van der Waals surface area contributed by atoms with Crippen LogP contribution in [0.25, 0.3) is 0 Å². The van der Waals surface area contributed by atoms with Gasteiger partial charge in [0.1, 0.15) is 0 Å². The second-order valence-corrected chi connectivity index (χ2v) is 5.83. The first-order valence-electron chi connectivity index (χ1n) is 7.12. The lowest BCUT2D eigenvalue weighted by Crippen LogP contribution is -2.39. The molecule has 1 saturated heterocycles. The van der Waals surface area contributed by atoms with Gasteiger partial charge in [-0.1, -0.05) is 0 Å². The van der Waals surface area contributed by atoms with Crippen molar-refractivity contribution in [2.75, 3.05) is 31.2 Å². The number of ether oxygens (including phenoxy) is 1. The van der Waals surface area contributed by atoms with Crippen LogP contribution >= 0.6 is 0 Å². The van der Waals surface area contributed by atoms with E-state index in [2.05, 4.69) is 4.90 Å². The molecule has 2 aliphatic rings. The second-order valence-electron chi connectivity index (χ2n) is 5.83. The van der Waals surface area contributed by atoms with Gasteiger partial charge in [-0.05, 0) is 31.4 Å². The number of nitrogens with zero attached hydrogens (tertiary/aromatic N) is 1. The lowest BCUT2D eigenvalue weighted by molar-refractivity contribution is 0.122. The molecule has 1 aliphatic carbocycles. The van der Waals surface area contributed by atoms with Crippen molar-refractivity contribution in [2.45, 2.75) is 31.2 Å². The van der Waals surface area contributed by atoms with Crippen LogP contribution in [0.2, 0.25) is 0 Å². The minimum atomic E-state index is -0.796. The summed E-state index contributed by atoms with van der Waals surface area (Å²) in [6, 6.07) is 2.60. The standard InChI is InChI=1S/C15H20F2N2O/c1-10(18)15(2-3-15)11-8-12(16)13(17)9-14(11)19-4-6-20-7-5-19/h8-10H,2-7,18H2,1H3. The van der Waals surface area contributed by atoms with E-state index in [0.29, 0.717) is 26.3 Å². The van der Waals surface area contributed by atoms with Gasteiger partial charge < -0.3 is 15.4 Å². The first kappa shape index (κ1) is 13.8. The second kappa shape index (κ2) is 4.97. The SMILES string of the molecule is CC(N)C1(c2cc(F)c(F)cc2N2CCOCC2)CC1. The fourth-order valence-corrected chi connectivity index (χ4v) is 3.11. The Bertz CT molecular complexity index is 509. The van der Waals surface area contributed by atoms with Crippen molar-refractivity contribution in [3.05, 3.63) is 29.3 Å². The molecule has 1 aliphatic heterocycles. The summed E-state index contributed by atoms with van der Waals surface area (Å²) in [5, 5.41) is 0. The fourth-order valence-electron chi connectivity index (χ4n) is 3.11. The van der Waals surface area contributed by atoms with Crippen LogP contribution in [0, 0.1) is 11.6 Å². The summed E-state index contributed by atoms with van der Waals surface area (Å²) < 4.78 is 32.7. The van der Waals surface area contributed by atoms with Crippen molar-refractivity contribution in [3.63, 3.8) is 0 Å². The van der Waals surface area contributed by atoms with Crippen LogP contribution in [0.15, 0.2) is 12.1 Å². The molecule has 0 radical (unpaired) electrons. The van der Waals surface area contributed by atoms with Crippen LogP contribution in [-0.2, 0) is 10.2 Å². The minimum absolute atomic E-state index is 0.0628. The van der Waals surface area contributed by atoms with Gasteiger partial charge in [0.2, 0.25) is 0 Å². The van der Waals surface area contributed by atoms with Gasteiger partial charge in [-0.2, -0.15) is 0 Å². The maximum Gasteiger partial charge on any atom is 0.160 e. The van der Waals surface area contributed by atoms with Gasteiger partial charge in [0, 0.05) is 36.3 Å². The zero-order valence-corrected chi connectivity index (χ0v) is 11.7. The van der Waals surface area contributed by atoms with E-state index in [1.807, 2.05) is 6.92 Å². The zero-order valence-electron chi connectivity index (χ0n) is 11.7. The molecule has 0 spiro atoms. The van der Waals surface area contributed by atoms with Gasteiger partial charge in [-0.3, -0.25) is 0 Å². The number of hydrogen-bond donors (Lipinski definition) is 1. The average Bonchev–Trinajstić information content (AvgIpc) is 3.24. The molecule has 1 aromatic carbocycles. The summed E-state index contributed by atoms with van der Waals surface area (Å²) in [4.78, 5) is 2.07. The maximum absolute atomic E-state index is 13.7. The van der Waals surface area contributed by atoms with Gasteiger partial charge in [-0.15, -0.1) is 0 Å². The summed E-state index contributed by atoms with van der Waals surface area (Å²) in [6.45, 7) is 4.57. The molecule has 1 aromatic rings. The highest BCUT2D eigenvalue weighted by atomic mass is 19.2. The monoisotopic (exact) mass is 282 g/mol. The third-order valence-electron chi connectivity index (χ3n) is 4.59. The van der Waals surface area contributed by atoms with Gasteiger partial charge in [-0.25, -0.2) is 8.78 Å². The summed E-state index contributed by atoms with van der Waals surface area (Å²) in [7, 11) is 0. The van der Waals surface area contributed by atoms with E-state index in [-0.39, 0.29) is 11.5 Å². The first-order chi connectivity index (χ1) is 9.54. The molecule has 1 unspecified atom stereocenters. The molecule has 0 bridgehead atoms. The van der Waals surface area contributed by atoms with Crippen molar-refractivity contribution in [2.24, 2.45) is 5.73 Å². The summed E-state index contributed by atoms with van der Waals surface area (Å²) in [5.74, 6) is -1.58. The average molecular weight is 282 g/mol. The Balaban J connectivity index is 2.05. The van der Waals surface area contributed by atoms with Gasteiger partial charge in [0.25, 0.3) is 0 Å². The van der Waals surface area contributed by atoms with E-state index in [4.69, 9.17) is 10.5 Å². The molecule has 2 N–H and O–H groups in total. The van der Waals surface area contributed by atoms with Crippen LogP contribution in [0.1, 0.15) is 25.3 Å². The molecular formula is C15H20F2N2O. The largest absolute Gasteiger partial charge is 0.378 e. The molecule has 0 aromatic heterocycles. The smallest absolute Gasteiger partial charge is 0.160 e. The van der Waals surface area contributed by atoms with E-state index < -0.39 is 11.6 Å². The minimum Gasteiger partial charge on any atom is -0.378 e. The number of morpholine rings is 1. The quantitative estimate of drug-likeness (QED) is 0.923. The number of rotatable bonds is 3. The lowest BCUT2D eigenvalue weighted by atomic mass is 9.87. The van der Waals surface area contributed by atoms with Crippen LogP contribution < -0.4 is 10.6 Å². The highest BCUT2D eigenvalue weighted by Crippen LogP contribution is 2.53. The van der Waals surface area contributed by atoms with Crippen molar-refractivity contribution >= 4 is 5.69 Å². The van der Waals surface area contributed by atoms with Crippen LogP contribution in [0.3, 0.4) is 0 Å². The van der Waals surface area contributed by atoms with Crippen LogP contribution in [0.5, 0.6) is 0 Å². The summed E-state index contributed by atoms with van der Waals surface area (Å²) in [5.41, 5.74) is 7.53. The number of anilines is 1. The third-order valence-corrected chi connectivity index (χ3v) is 4.59. The van der Waals surface area contributed by atoms with Crippen LogP contribution in [-0.4, -0.2) is 32.3 Å². The van der Waals surface area contributed by atoms with E-state index in [1.165, 1.54) is 12.1 Å². The number of halogens is 2. The molecule has 3 nitrogen and oxygen atoms in total. The molecule has 20 heavy (non-hydrogen) atoms. The Morgan fingerprint density at radius 2 is 1.80 bits per heavy atom. The maximum atomic E-state index is 13.7. The molecule has 2 fully saturated rings. The van der Waals surface area contributed by atoms with Gasteiger partial charge >= 0.3 is 0 Å². The van der Waals surface area contributed by atoms with Gasteiger partial charge in [0.15, 0.2) is 11.6 Å². The Hall–Kier alpha value is -1.20. The fraction of sp³-hybridized carbons (Fsp3) is 0.600. The molecule has 0 amide bonds. The van der Waals surface area contributed by atoms with E-state index in [1.54, 1.807) is 0 Å². The molecule has 1 atom stereocenters. The van der Waals surface area contributed by atoms with E-state index in [0.717, 1.165) is 24.1 Å². The van der Waals surface area contributed by atoms with E-state index >= 15 is 0 Å². The molecule has 3 rings (SSSR count). The van der Waals surface area contributed by atoms with Crippen molar-refractivity contribution in [1.29, 1.82) is 0 Å². The Morgan fingerprint density at radius 1 is 1.20 bits per heavy atom. The molecule has 1 saturated carbocycles. The summed E-state index contributed by atoms with van der Waals surface area (Å²) >= 11 is 0.